The Balaban J connectivity index is 1.43. The third-order valence-corrected chi connectivity index (χ3v) is 8.18. The normalized spacial score (nSPS) is 20.4. The lowest BCUT2D eigenvalue weighted by molar-refractivity contribution is 0.0599. The quantitative estimate of drug-likeness (QED) is 0.201. The van der Waals surface area contributed by atoms with Crippen molar-refractivity contribution >= 4 is 5.97 Å². The smallest absolute Gasteiger partial charge is 0.339 e. The first-order valence-corrected chi connectivity index (χ1v) is 14.0. The molecule has 2 unspecified atom stereocenters. The van der Waals surface area contributed by atoms with E-state index in [1.165, 1.54) is 44.2 Å². The van der Waals surface area contributed by atoms with Crippen molar-refractivity contribution in [1.82, 2.24) is 9.58 Å². The predicted octanol–water partition coefficient (Wildman–Crippen LogP) is 5.99. The molecule has 0 saturated heterocycles. The van der Waals surface area contributed by atoms with E-state index in [2.05, 4.69) is 47.9 Å². The average Bonchev–Trinajstić information content (AvgIpc) is 3.63. The molecule has 0 spiro atoms. The minimum absolute atomic E-state index is 0.104. The van der Waals surface area contributed by atoms with Crippen LogP contribution in [0.2, 0.25) is 0 Å². The highest BCUT2D eigenvalue weighted by Crippen LogP contribution is 2.52. The number of nitrogens with zero attached hydrogens (tertiary/aromatic N) is 2. The second-order valence-electron chi connectivity index (χ2n) is 11.0. The van der Waals surface area contributed by atoms with E-state index in [0.29, 0.717) is 17.2 Å². The Morgan fingerprint density at radius 3 is 2.51 bits per heavy atom. The van der Waals surface area contributed by atoms with Crippen molar-refractivity contribution in [3.05, 3.63) is 83.9 Å². The second kappa shape index (κ2) is 11.6. The van der Waals surface area contributed by atoms with Gasteiger partial charge in [0.25, 0.3) is 0 Å². The molecule has 0 bridgehead atoms. The fraction of sp³-hybridized carbons (Fsp3) is 0.406. The van der Waals surface area contributed by atoms with Gasteiger partial charge in [-0.25, -0.2) is 10.6 Å². The van der Waals surface area contributed by atoms with E-state index in [1.807, 2.05) is 24.4 Å². The number of hydrogen-bond acceptors (Lipinski definition) is 6. The Labute approximate surface area is 231 Å². The second-order valence-corrected chi connectivity index (χ2v) is 11.0. The average molecular weight is 529 g/mol. The summed E-state index contributed by atoms with van der Waals surface area (Å²) >= 11 is 0. The van der Waals surface area contributed by atoms with Gasteiger partial charge in [-0.05, 0) is 73.6 Å². The molecule has 0 radical (unpaired) electrons. The Morgan fingerprint density at radius 2 is 1.79 bits per heavy atom. The maximum Gasteiger partial charge on any atom is 0.339 e. The maximum atomic E-state index is 12.7. The number of allylic oxidation sites excluding steroid dienone is 1. The number of hydrazine groups is 1. The van der Waals surface area contributed by atoms with E-state index in [9.17, 15) is 4.79 Å². The highest BCUT2D eigenvalue weighted by Gasteiger charge is 2.44. The molecule has 3 atom stereocenters. The number of ether oxygens (including phenoxy) is 2. The van der Waals surface area contributed by atoms with Gasteiger partial charge in [-0.1, -0.05) is 43.5 Å². The molecule has 7 heteroatoms. The molecule has 2 saturated carbocycles. The van der Waals surface area contributed by atoms with Crippen LogP contribution in [0.3, 0.4) is 0 Å². The summed E-state index contributed by atoms with van der Waals surface area (Å²) in [6, 6.07) is 18.5. The summed E-state index contributed by atoms with van der Waals surface area (Å²) in [6.07, 6.45) is 11.2. The molecule has 1 heterocycles. The molecule has 2 aliphatic rings. The van der Waals surface area contributed by atoms with Crippen LogP contribution in [-0.4, -0.2) is 35.8 Å². The zero-order valence-electron chi connectivity index (χ0n) is 23.2. The van der Waals surface area contributed by atoms with Crippen molar-refractivity contribution in [3.63, 3.8) is 0 Å². The molecule has 0 amide bonds. The standard InChI is InChI=1S/C32H40N4O3/c1-21(22-9-5-4-6-10-22)39-26-14-8-12-24(18-26)23-11-7-13-25(17-23)36-16-15-27(32(37)38-3)31(36)29-19-28(29)30(33)20-35(2)34/h7-8,11-18,20-22,28-29H,4-6,9-10,19,33-34H2,1-3H3/b30-20-/t21?,28?,29-/m1/s1. The fourth-order valence-electron chi connectivity index (χ4n) is 6.03. The predicted molar refractivity (Wildman–Crippen MR) is 154 cm³/mol. The van der Waals surface area contributed by atoms with Crippen molar-refractivity contribution in [2.24, 2.45) is 23.4 Å². The number of carbonyl (C=O) groups excluding carboxylic acids is 1. The Bertz CT molecular complexity index is 1340. The van der Waals surface area contributed by atoms with Crippen LogP contribution in [0.1, 0.15) is 67.4 Å². The third-order valence-electron chi connectivity index (χ3n) is 8.18. The molecule has 5 rings (SSSR count). The summed E-state index contributed by atoms with van der Waals surface area (Å²) in [5.41, 5.74) is 11.7. The van der Waals surface area contributed by atoms with Crippen LogP contribution in [0.4, 0.5) is 0 Å². The van der Waals surface area contributed by atoms with E-state index >= 15 is 0 Å². The summed E-state index contributed by atoms with van der Waals surface area (Å²) in [6.45, 7) is 2.20. The zero-order chi connectivity index (χ0) is 27.5. The summed E-state index contributed by atoms with van der Waals surface area (Å²) < 4.78 is 13.6. The van der Waals surface area contributed by atoms with Crippen molar-refractivity contribution < 1.29 is 14.3 Å². The molecule has 2 aliphatic carbocycles. The van der Waals surface area contributed by atoms with Crippen molar-refractivity contribution in [1.29, 1.82) is 0 Å². The maximum absolute atomic E-state index is 12.7. The van der Waals surface area contributed by atoms with Gasteiger partial charge in [0.2, 0.25) is 0 Å². The van der Waals surface area contributed by atoms with Crippen molar-refractivity contribution in [2.75, 3.05) is 14.2 Å². The van der Waals surface area contributed by atoms with Crippen LogP contribution in [0, 0.1) is 11.8 Å². The SMILES string of the molecule is COC(=O)c1ccn(-c2cccc(-c3cccc(OC(C)C4CCCCC4)c3)c2)c1[C@@H]1CC1/C(N)=C/N(C)N. The number of rotatable bonds is 9. The lowest BCUT2D eigenvalue weighted by atomic mass is 9.86. The van der Waals surface area contributed by atoms with Gasteiger partial charge < -0.3 is 24.8 Å². The monoisotopic (exact) mass is 528 g/mol. The number of hydrogen-bond donors (Lipinski definition) is 2. The molecule has 39 heavy (non-hydrogen) atoms. The molecule has 2 aromatic carbocycles. The molecule has 0 aliphatic heterocycles. The van der Waals surface area contributed by atoms with Gasteiger partial charge in [0.05, 0.1) is 18.8 Å². The van der Waals surface area contributed by atoms with Crippen LogP contribution in [0.5, 0.6) is 5.75 Å². The minimum Gasteiger partial charge on any atom is -0.490 e. The zero-order valence-corrected chi connectivity index (χ0v) is 23.2. The Kier molecular flexibility index (Phi) is 7.98. The van der Waals surface area contributed by atoms with Gasteiger partial charge in [0.1, 0.15) is 5.75 Å². The van der Waals surface area contributed by atoms with E-state index in [1.54, 1.807) is 13.2 Å². The molecule has 7 nitrogen and oxygen atoms in total. The largest absolute Gasteiger partial charge is 0.490 e. The Hall–Kier alpha value is -3.71. The summed E-state index contributed by atoms with van der Waals surface area (Å²) in [5.74, 6) is 7.19. The highest BCUT2D eigenvalue weighted by molar-refractivity contribution is 5.91. The number of aromatic nitrogens is 1. The topological polar surface area (TPSA) is 95.7 Å². The highest BCUT2D eigenvalue weighted by atomic mass is 16.5. The van der Waals surface area contributed by atoms with Crippen LogP contribution >= 0.6 is 0 Å². The first-order chi connectivity index (χ1) is 18.9. The van der Waals surface area contributed by atoms with Gasteiger partial charge in [0.15, 0.2) is 0 Å². The van der Waals surface area contributed by atoms with Gasteiger partial charge in [-0.3, -0.25) is 0 Å². The van der Waals surface area contributed by atoms with Crippen molar-refractivity contribution in [3.8, 4) is 22.6 Å². The van der Waals surface area contributed by atoms with Gasteiger partial charge in [0, 0.05) is 48.4 Å². The molecule has 206 valence electrons. The first kappa shape index (κ1) is 26.9. The number of benzene rings is 2. The third kappa shape index (κ3) is 5.98. The van der Waals surface area contributed by atoms with Crippen LogP contribution in [-0.2, 0) is 4.74 Å². The molecule has 1 aromatic heterocycles. The van der Waals surface area contributed by atoms with Gasteiger partial charge in [-0.15, -0.1) is 0 Å². The van der Waals surface area contributed by atoms with Crippen LogP contribution in [0.15, 0.2) is 72.7 Å². The minimum atomic E-state index is -0.346. The lowest BCUT2D eigenvalue weighted by Crippen LogP contribution is -2.25. The summed E-state index contributed by atoms with van der Waals surface area (Å²) in [5, 5.41) is 1.46. The Morgan fingerprint density at radius 1 is 1.08 bits per heavy atom. The number of methoxy groups -OCH3 is 1. The lowest BCUT2D eigenvalue weighted by Gasteiger charge is -2.28. The van der Waals surface area contributed by atoms with E-state index in [-0.39, 0.29) is 23.9 Å². The fourth-order valence-corrected chi connectivity index (χ4v) is 6.03. The molecular weight excluding hydrogens is 488 g/mol. The molecule has 4 N–H and O–H groups in total. The summed E-state index contributed by atoms with van der Waals surface area (Å²) in [4.78, 5) is 12.7. The van der Waals surface area contributed by atoms with Gasteiger partial charge in [-0.2, -0.15) is 0 Å². The number of nitrogens with two attached hydrogens (primary N) is 2. The van der Waals surface area contributed by atoms with E-state index in [4.69, 9.17) is 21.1 Å². The van der Waals surface area contributed by atoms with E-state index in [0.717, 1.165) is 34.7 Å². The van der Waals surface area contributed by atoms with E-state index < -0.39 is 0 Å². The summed E-state index contributed by atoms with van der Waals surface area (Å²) in [7, 11) is 3.16. The molecule has 2 fully saturated rings. The first-order valence-electron chi connectivity index (χ1n) is 14.0. The van der Waals surface area contributed by atoms with Gasteiger partial charge >= 0.3 is 5.97 Å². The van der Waals surface area contributed by atoms with Crippen molar-refractivity contribution in [2.45, 2.75) is 57.5 Å². The van der Waals surface area contributed by atoms with Crippen LogP contribution < -0.4 is 16.3 Å². The van der Waals surface area contributed by atoms with Crippen LogP contribution in [0.25, 0.3) is 16.8 Å². The number of esters is 1. The molecule has 3 aromatic rings. The molecular formula is C32H40N4O3. The number of carbonyl (C=O) groups is 1.